The molecule has 1 aromatic heterocycles. The van der Waals surface area contributed by atoms with Crippen LogP contribution in [0.5, 0.6) is 0 Å². The summed E-state index contributed by atoms with van der Waals surface area (Å²) in [5.74, 6) is -0.0847. The molecule has 2 rings (SSSR count). The SMILES string of the molecule is O=C(NCCNC1CNC1)c1nccs1. The second-order valence-corrected chi connectivity index (χ2v) is 4.30. The summed E-state index contributed by atoms with van der Waals surface area (Å²) in [4.78, 5) is 15.4. The van der Waals surface area contributed by atoms with Crippen LogP contribution in [-0.4, -0.2) is 43.1 Å². The highest BCUT2D eigenvalue weighted by molar-refractivity contribution is 7.11. The van der Waals surface area contributed by atoms with Crippen LogP contribution in [0.1, 0.15) is 9.80 Å². The second-order valence-electron chi connectivity index (χ2n) is 3.40. The summed E-state index contributed by atoms with van der Waals surface area (Å²) in [6.07, 6.45) is 1.64. The number of nitrogens with one attached hydrogen (secondary N) is 3. The minimum Gasteiger partial charge on any atom is -0.349 e. The summed E-state index contributed by atoms with van der Waals surface area (Å²) in [5, 5.41) is 11.6. The minimum absolute atomic E-state index is 0.0847. The Morgan fingerprint density at radius 3 is 3.07 bits per heavy atom. The van der Waals surface area contributed by atoms with Crippen molar-refractivity contribution in [3.63, 3.8) is 0 Å². The van der Waals surface area contributed by atoms with Gasteiger partial charge in [0.15, 0.2) is 5.01 Å². The zero-order chi connectivity index (χ0) is 10.5. The molecule has 1 saturated heterocycles. The van der Waals surface area contributed by atoms with E-state index in [0.717, 1.165) is 19.6 Å². The second kappa shape index (κ2) is 5.20. The first kappa shape index (κ1) is 10.5. The van der Waals surface area contributed by atoms with Crippen molar-refractivity contribution in [2.45, 2.75) is 6.04 Å². The fourth-order valence-corrected chi connectivity index (χ4v) is 1.85. The molecule has 0 saturated carbocycles. The molecule has 1 fully saturated rings. The van der Waals surface area contributed by atoms with Gasteiger partial charge in [-0.05, 0) is 0 Å². The van der Waals surface area contributed by atoms with Crippen molar-refractivity contribution in [1.82, 2.24) is 20.9 Å². The van der Waals surface area contributed by atoms with Gasteiger partial charge in [-0.15, -0.1) is 11.3 Å². The lowest BCUT2D eigenvalue weighted by Crippen LogP contribution is -2.56. The molecule has 1 aromatic rings. The Balaban J connectivity index is 1.59. The van der Waals surface area contributed by atoms with Crippen molar-refractivity contribution in [3.8, 4) is 0 Å². The lowest BCUT2D eigenvalue weighted by molar-refractivity contribution is 0.0953. The van der Waals surface area contributed by atoms with Gasteiger partial charge in [-0.1, -0.05) is 0 Å². The maximum Gasteiger partial charge on any atom is 0.280 e. The molecule has 6 heteroatoms. The Kier molecular flexibility index (Phi) is 3.65. The highest BCUT2D eigenvalue weighted by Crippen LogP contribution is 2.02. The summed E-state index contributed by atoms with van der Waals surface area (Å²) in [6, 6.07) is 0.571. The number of thiazole rings is 1. The molecule has 0 aromatic carbocycles. The molecule has 1 aliphatic heterocycles. The molecule has 0 bridgehead atoms. The standard InChI is InChI=1S/C9H14N4OS/c14-8(9-13-3-4-15-9)12-2-1-11-7-5-10-6-7/h3-4,7,10-11H,1-2,5-6H2,(H,12,14). The summed E-state index contributed by atoms with van der Waals surface area (Å²) >= 11 is 1.36. The van der Waals surface area contributed by atoms with Crippen LogP contribution in [0.15, 0.2) is 11.6 Å². The van der Waals surface area contributed by atoms with Crippen LogP contribution in [-0.2, 0) is 0 Å². The topological polar surface area (TPSA) is 66.1 Å². The summed E-state index contributed by atoms with van der Waals surface area (Å²) in [6.45, 7) is 3.51. The van der Waals surface area contributed by atoms with E-state index in [2.05, 4.69) is 20.9 Å². The lowest BCUT2D eigenvalue weighted by atomic mass is 10.2. The van der Waals surface area contributed by atoms with Crippen molar-refractivity contribution in [2.75, 3.05) is 26.2 Å². The van der Waals surface area contributed by atoms with E-state index in [1.165, 1.54) is 11.3 Å². The average Bonchev–Trinajstić information content (AvgIpc) is 2.67. The van der Waals surface area contributed by atoms with Crippen LogP contribution in [0.2, 0.25) is 0 Å². The monoisotopic (exact) mass is 226 g/mol. The Morgan fingerprint density at radius 1 is 1.60 bits per heavy atom. The molecule has 0 unspecified atom stereocenters. The van der Waals surface area contributed by atoms with E-state index in [4.69, 9.17) is 0 Å². The summed E-state index contributed by atoms with van der Waals surface area (Å²) in [5.41, 5.74) is 0. The van der Waals surface area contributed by atoms with Gasteiger partial charge in [0.2, 0.25) is 0 Å². The van der Waals surface area contributed by atoms with Gasteiger partial charge < -0.3 is 16.0 Å². The third-order valence-electron chi connectivity index (χ3n) is 2.25. The quantitative estimate of drug-likeness (QED) is 0.589. The molecule has 1 amide bonds. The highest BCUT2D eigenvalue weighted by atomic mass is 32.1. The van der Waals surface area contributed by atoms with Gasteiger partial charge in [0, 0.05) is 43.8 Å². The molecule has 0 aliphatic carbocycles. The van der Waals surface area contributed by atoms with E-state index >= 15 is 0 Å². The van der Waals surface area contributed by atoms with Crippen molar-refractivity contribution in [2.24, 2.45) is 0 Å². The molecule has 3 N–H and O–H groups in total. The van der Waals surface area contributed by atoms with Gasteiger partial charge in [-0.3, -0.25) is 4.79 Å². The van der Waals surface area contributed by atoms with Crippen molar-refractivity contribution < 1.29 is 4.79 Å². The van der Waals surface area contributed by atoms with E-state index in [9.17, 15) is 4.79 Å². The molecule has 1 aliphatic rings. The van der Waals surface area contributed by atoms with Crippen LogP contribution < -0.4 is 16.0 Å². The predicted octanol–water partition coefficient (Wildman–Crippen LogP) is -0.566. The van der Waals surface area contributed by atoms with Gasteiger partial charge in [0.1, 0.15) is 0 Å². The van der Waals surface area contributed by atoms with Gasteiger partial charge in [0.25, 0.3) is 5.91 Å². The molecule has 5 nitrogen and oxygen atoms in total. The zero-order valence-corrected chi connectivity index (χ0v) is 9.14. The van der Waals surface area contributed by atoms with Crippen molar-refractivity contribution in [1.29, 1.82) is 0 Å². The van der Waals surface area contributed by atoms with Crippen molar-refractivity contribution in [3.05, 3.63) is 16.6 Å². The Hall–Kier alpha value is -0.980. The first-order valence-electron chi connectivity index (χ1n) is 4.98. The summed E-state index contributed by atoms with van der Waals surface area (Å²) in [7, 11) is 0. The fraction of sp³-hybridized carbons (Fsp3) is 0.556. The van der Waals surface area contributed by atoms with Crippen molar-refractivity contribution >= 4 is 17.2 Å². The number of nitrogens with zero attached hydrogens (tertiary/aromatic N) is 1. The molecule has 82 valence electrons. The highest BCUT2D eigenvalue weighted by Gasteiger charge is 2.15. The number of carbonyl (C=O) groups excluding carboxylic acids is 1. The first-order valence-corrected chi connectivity index (χ1v) is 5.86. The van der Waals surface area contributed by atoms with E-state index < -0.39 is 0 Å². The third kappa shape index (κ3) is 2.98. The number of amides is 1. The lowest BCUT2D eigenvalue weighted by Gasteiger charge is -2.28. The molecule has 0 atom stereocenters. The molecule has 2 heterocycles. The average molecular weight is 226 g/mol. The number of hydrogen-bond acceptors (Lipinski definition) is 5. The normalized spacial score (nSPS) is 16.0. The predicted molar refractivity (Wildman–Crippen MR) is 59.1 cm³/mol. The molecule has 0 spiro atoms. The van der Waals surface area contributed by atoms with Crippen LogP contribution in [0.3, 0.4) is 0 Å². The minimum atomic E-state index is -0.0847. The number of aromatic nitrogens is 1. The van der Waals surface area contributed by atoms with Crippen LogP contribution in [0, 0.1) is 0 Å². The van der Waals surface area contributed by atoms with Gasteiger partial charge in [-0.2, -0.15) is 0 Å². The third-order valence-corrected chi connectivity index (χ3v) is 3.02. The van der Waals surface area contributed by atoms with E-state index in [1.54, 1.807) is 11.6 Å². The number of rotatable bonds is 5. The fourth-order valence-electron chi connectivity index (χ4n) is 1.30. The van der Waals surface area contributed by atoms with E-state index in [-0.39, 0.29) is 5.91 Å². The van der Waals surface area contributed by atoms with E-state index in [0.29, 0.717) is 17.6 Å². The Morgan fingerprint density at radius 2 is 2.47 bits per heavy atom. The van der Waals surface area contributed by atoms with Crippen LogP contribution in [0.25, 0.3) is 0 Å². The van der Waals surface area contributed by atoms with E-state index in [1.807, 2.05) is 0 Å². The largest absolute Gasteiger partial charge is 0.349 e. The Bertz CT molecular complexity index is 310. The molecular formula is C9H14N4OS. The first-order chi connectivity index (χ1) is 7.36. The zero-order valence-electron chi connectivity index (χ0n) is 8.32. The van der Waals surface area contributed by atoms with Crippen LogP contribution >= 0.6 is 11.3 Å². The Labute approximate surface area is 92.3 Å². The van der Waals surface area contributed by atoms with Gasteiger partial charge >= 0.3 is 0 Å². The molecular weight excluding hydrogens is 212 g/mol. The maximum atomic E-state index is 11.4. The number of carbonyl (C=O) groups is 1. The smallest absolute Gasteiger partial charge is 0.280 e. The number of hydrogen-bond donors (Lipinski definition) is 3. The van der Waals surface area contributed by atoms with Gasteiger partial charge in [-0.25, -0.2) is 4.98 Å². The summed E-state index contributed by atoms with van der Waals surface area (Å²) < 4.78 is 0. The maximum absolute atomic E-state index is 11.4. The van der Waals surface area contributed by atoms with Crippen LogP contribution in [0.4, 0.5) is 0 Å². The molecule has 15 heavy (non-hydrogen) atoms. The van der Waals surface area contributed by atoms with Gasteiger partial charge in [0.05, 0.1) is 0 Å². The molecule has 0 radical (unpaired) electrons.